The van der Waals surface area contributed by atoms with Crippen LogP contribution in [0.5, 0.6) is 5.75 Å². The predicted octanol–water partition coefficient (Wildman–Crippen LogP) is 5.29. The van der Waals surface area contributed by atoms with E-state index in [4.69, 9.17) is 4.74 Å². The minimum Gasteiger partial charge on any atom is -0.489 e. The number of hydrogen-bond donors (Lipinski definition) is 1. The average Bonchev–Trinajstić information content (AvgIpc) is 2.75. The number of amides is 1. The molecular formula is C24H24FN3O2. The minimum absolute atomic E-state index is 0.0408. The molecule has 0 atom stereocenters. The number of unbranched alkanes of at least 4 members (excludes halogenated alkanes) is 2. The molecule has 30 heavy (non-hydrogen) atoms. The molecule has 0 spiro atoms. The predicted molar refractivity (Wildman–Crippen MR) is 116 cm³/mol. The molecule has 0 fully saturated rings. The lowest BCUT2D eigenvalue weighted by Crippen LogP contribution is -2.16. The number of aromatic nitrogens is 2. The van der Waals surface area contributed by atoms with Crippen molar-refractivity contribution in [3.63, 3.8) is 0 Å². The Labute approximate surface area is 175 Å². The molecule has 2 aromatic heterocycles. The number of halogens is 1. The van der Waals surface area contributed by atoms with E-state index in [0.717, 1.165) is 19.3 Å². The molecule has 2 heterocycles. The van der Waals surface area contributed by atoms with Gasteiger partial charge in [0.2, 0.25) is 0 Å². The van der Waals surface area contributed by atoms with Crippen LogP contribution in [0, 0.1) is 24.6 Å². The number of ether oxygens (including phenoxy) is 1. The fourth-order valence-corrected chi connectivity index (χ4v) is 2.88. The van der Waals surface area contributed by atoms with Crippen LogP contribution in [0.4, 0.5) is 10.1 Å². The van der Waals surface area contributed by atoms with Crippen molar-refractivity contribution in [3.8, 4) is 17.6 Å². The summed E-state index contributed by atoms with van der Waals surface area (Å²) in [5.41, 5.74) is 2.23. The van der Waals surface area contributed by atoms with Gasteiger partial charge < -0.3 is 10.1 Å². The summed E-state index contributed by atoms with van der Waals surface area (Å²) in [7, 11) is 0. The van der Waals surface area contributed by atoms with E-state index in [1.165, 1.54) is 12.1 Å². The number of carbonyl (C=O) groups excluding carboxylic acids is 1. The summed E-state index contributed by atoms with van der Waals surface area (Å²) in [4.78, 5) is 21.3. The van der Waals surface area contributed by atoms with Crippen LogP contribution in [0.3, 0.4) is 0 Å². The molecule has 0 radical (unpaired) electrons. The Morgan fingerprint density at radius 3 is 2.83 bits per heavy atom. The molecule has 0 aliphatic heterocycles. The van der Waals surface area contributed by atoms with Gasteiger partial charge in [-0.05, 0) is 49.2 Å². The lowest BCUT2D eigenvalue weighted by molar-refractivity contribution is 0.102. The molecule has 0 unspecified atom stereocenters. The summed E-state index contributed by atoms with van der Waals surface area (Å²) in [6, 6.07) is 9.96. The van der Waals surface area contributed by atoms with Crippen molar-refractivity contribution in [1.29, 1.82) is 0 Å². The third-order valence-corrected chi connectivity index (χ3v) is 4.47. The molecule has 1 N–H and O–H groups in total. The van der Waals surface area contributed by atoms with E-state index in [1.54, 1.807) is 37.4 Å². The van der Waals surface area contributed by atoms with E-state index in [9.17, 15) is 9.18 Å². The quantitative estimate of drug-likeness (QED) is 0.428. The largest absolute Gasteiger partial charge is 0.489 e. The smallest absolute Gasteiger partial charge is 0.274 e. The van der Waals surface area contributed by atoms with Crippen molar-refractivity contribution in [2.45, 2.75) is 39.5 Å². The van der Waals surface area contributed by atoms with Gasteiger partial charge in [-0.15, -0.1) is 5.92 Å². The Kier molecular flexibility index (Phi) is 7.34. The maximum absolute atomic E-state index is 14.8. The molecule has 1 amide bonds. The summed E-state index contributed by atoms with van der Waals surface area (Å²) in [5.74, 6) is 5.06. The lowest BCUT2D eigenvalue weighted by atomic mass is 10.1. The van der Waals surface area contributed by atoms with Gasteiger partial charge in [0.1, 0.15) is 5.69 Å². The highest BCUT2D eigenvalue weighted by atomic mass is 19.1. The zero-order chi connectivity index (χ0) is 21.3. The van der Waals surface area contributed by atoms with Gasteiger partial charge in [0.15, 0.2) is 11.6 Å². The first-order chi connectivity index (χ1) is 14.6. The molecule has 0 aliphatic carbocycles. The zero-order valence-corrected chi connectivity index (χ0v) is 17.2. The minimum atomic E-state index is -0.620. The molecule has 0 bridgehead atoms. The molecule has 0 saturated carbocycles. The van der Waals surface area contributed by atoms with E-state index < -0.39 is 11.7 Å². The van der Waals surface area contributed by atoms with Crippen LogP contribution in [0.15, 0.2) is 42.6 Å². The Hall–Kier alpha value is -3.46. The van der Waals surface area contributed by atoms with Gasteiger partial charge in [-0.2, -0.15) is 0 Å². The number of carbonyl (C=O) groups is 1. The van der Waals surface area contributed by atoms with Gasteiger partial charge in [-0.1, -0.05) is 25.3 Å². The number of pyridine rings is 2. The van der Waals surface area contributed by atoms with Crippen LogP contribution in [0.2, 0.25) is 0 Å². The highest BCUT2D eigenvalue weighted by Gasteiger charge is 2.16. The van der Waals surface area contributed by atoms with Gasteiger partial charge in [0, 0.05) is 19.0 Å². The highest BCUT2D eigenvalue weighted by Crippen LogP contribution is 2.25. The van der Waals surface area contributed by atoms with E-state index in [1.807, 2.05) is 0 Å². The van der Waals surface area contributed by atoms with Gasteiger partial charge in [-0.3, -0.25) is 9.78 Å². The summed E-state index contributed by atoms with van der Waals surface area (Å²) in [6.07, 6.45) is 5.24. The van der Waals surface area contributed by atoms with E-state index in [-0.39, 0.29) is 23.7 Å². The van der Waals surface area contributed by atoms with Crippen LogP contribution >= 0.6 is 0 Å². The zero-order valence-electron chi connectivity index (χ0n) is 17.2. The van der Waals surface area contributed by atoms with Gasteiger partial charge in [0.25, 0.3) is 5.91 Å². The number of nitrogens with zero attached hydrogens (tertiary/aromatic N) is 2. The molecule has 3 aromatic rings. The summed E-state index contributed by atoms with van der Waals surface area (Å²) < 4.78 is 20.3. The number of fused-ring (bicyclic) bond motifs is 1. The molecule has 6 heteroatoms. The van der Waals surface area contributed by atoms with E-state index in [0.29, 0.717) is 23.0 Å². The third-order valence-electron chi connectivity index (χ3n) is 4.47. The number of aryl methyl sites for hydroxylation is 1. The Morgan fingerprint density at radius 2 is 2.00 bits per heavy atom. The summed E-state index contributed by atoms with van der Waals surface area (Å²) >= 11 is 0. The standard InChI is InChI=1S/C24H24FN3O2/c1-3-4-5-6-7-8-15-30-21-13-9-11-19(22(21)25)28-24(29)23-17(2)16-20-18(27-23)12-10-14-26-20/h9-14,16H,3-5,8,15H2,1-2H3,(H,28,29). The van der Waals surface area contributed by atoms with Crippen molar-refractivity contribution in [3.05, 3.63) is 59.7 Å². The first kappa shape index (κ1) is 21.3. The van der Waals surface area contributed by atoms with Crippen LogP contribution < -0.4 is 10.1 Å². The van der Waals surface area contributed by atoms with E-state index >= 15 is 0 Å². The average molecular weight is 405 g/mol. The molecule has 0 aliphatic rings. The monoisotopic (exact) mass is 405 g/mol. The van der Waals surface area contributed by atoms with Crippen molar-refractivity contribution >= 4 is 22.6 Å². The molecule has 0 saturated heterocycles. The third kappa shape index (κ3) is 5.32. The molecular weight excluding hydrogens is 381 g/mol. The normalized spacial score (nSPS) is 10.4. The molecule has 3 rings (SSSR count). The molecule has 5 nitrogen and oxygen atoms in total. The number of hydrogen-bond acceptors (Lipinski definition) is 4. The summed E-state index contributed by atoms with van der Waals surface area (Å²) in [6.45, 7) is 4.17. The first-order valence-corrected chi connectivity index (χ1v) is 10.0. The maximum atomic E-state index is 14.8. The number of rotatable bonds is 7. The topological polar surface area (TPSA) is 64.1 Å². The second-order valence-corrected chi connectivity index (χ2v) is 6.82. The first-order valence-electron chi connectivity index (χ1n) is 10.0. The Balaban J connectivity index is 1.68. The van der Waals surface area contributed by atoms with Crippen LogP contribution in [-0.4, -0.2) is 22.5 Å². The van der Waals surface area contributed by atoms with Crippen molar-refractivity contribution in [2.75, 3.05) is 11.9 Å². The van der Waals surface area contributed by atoms with Gasteiger partial charge in [-0.25, -0.2) is 9.37 Å². The SMILES string of the molecule is CCCCC#CCCOc1cccc(NC(=O)c2nc3cccnc3cc2C)c1F. The maximum Gasteiger partial charge on any atom is 0.274 e. The van der Waals surface area contributed by atoms with E-state index in [2.05, 4.69) is 34.0 Å². The fraction of sp³-hybridized carbons (Fsp3) is 0.292. The van der Waals surface area contributed by atoms with Gasteiger partial charge >= 0.3 is 0 Å². The summed E-state index contributed by atoms with van der Waals surface area (Å²) in [5, 5.41) is 2.59. The van der Waals surface area contributed by atoms with Crippen LogP contribution in [0.1, 0.15) is 48.7 Å². The van der Waals surface area contributed by atoms with Crippen LogP contribution in [0.25, 0.3) is 11.0 Å². The van der Waals surface area contributed by atoms with Crippen molar-refractivity contribution in [2.24, 2.45) is 0 Å². The number of benzene rings is 1. The fourth-order valence-electron chi connectivity index (χ4n) is 2.88. The van der Waals surface area contributed by atoms with Crippen molar-refractivity contribution in [1.82, 2.24) is 9.97 Å². The van der Waals surface area contributed by atoms with Crippen molar-refractivity contribution < 1.29 is 13.9 Å². The number of nitrogens with one attached hydrogen (secondary N) is 1. The molecule has 1 aromatic carbocycles. The second kappa shape index (κ2) is 10.4. The Morgan fingerprint density at radius 1 is 1.17 bits per heavy atom. The van der Waals surface area contributed by atoms with Crippen LogP contribution in [-0.2, 0) is 0 Å². The number of anilines is 1. The second-order valence-electron chi connectivity index (χ2n) is 6.82. The lowest BCUT2D eigenvalue weighted by Gasteiger charge is -2.11. The van der Waals surface area contributed by atoms with Gasteiger partial charge in [0.05, 0.1) is 23.3 Å². The Bertz CT molecular complexity index is 1100. The highest BCUT2D eigenvalue weighted by molar-refractivity contribution is 6.05. The molecule has 154 valence electrons.